The zero-order chi connectivity index (χ0) is 34.2. The summed E-state index contributed by atoms with van der Waals surface area (Å²) in [7, 11) is 9.40. The van der Waals surface area contributed by atoms with Crippen LogP contribution in [0.2, 0.25) is 5.02 Å². The minimum atomic E-state index is -0.461. The van der Waals surface area contributed by atoms with Crippen LogP contribution in [0.5, 0.6) is 46.0 Å². The largest absolute Gasteiger partial charge is 0.493 e. The molecule has 0 spiro atoms. The van der Waals surface area contributed by atoms with Gasteiger partial charge in [-0.25, -0.2) is 0 Å². The number of fused-ring (bicyclic) bond motifs is 1. The van der Waals surface area contributed by atoms with Gasteiger partial charge in [-0.2, -0.15) is 0 Å². The molecule has 0 fully saturated rings. The highest BCUT2D eigenvalue weighted by Crippen LogP contribution is 2.41. The van der Waals surface area contributed by atoms with Gasteiger partial charge < -0.3 is 48.5 Å². The maximum Gasteiger partial charge on any atom is 0.255 e. The molecule has 252 valence electrons. The molecule has 1 aliphatic rings. The van der Waals surface area contributed by atoms with Gasteiger partial charge >= 0.3 is 0 Å². The molecule has 11 nitrogen and oxygen atoms in total. The van der Waals surface area contributed by atoms with Crippen molar-refractivity contribution >= 4 is 35.3 Å². The number of halogens is 1. The number of methoxy groups -OCH3 is 6. The highest BCUT2D eigenvalue weighted by Gasteiger charge is 2.26. The maximum absolute atomic E-state index is 12.7. The van der Waals surface area contributed by atoms with E-state index >= 15 is 0 Å². The molecule has 12 heteroatoms. The molecule has 5 rings (SSSR count). The van der Waals surface area contributed by atoms with Crippen LogP contribution in [-0.2, 0) is 0 Å². The number of nitrogens with one attached hydrogen (secondary N) is 2. The molecule has 0 aliphatic carbocycles. The van der Waals surface area contributed by atoms with E-state index in [1.165, 1.54) is 0 Å². The van der Waals surface area contributed by atoms with Crippen LogP contribution >= 0.6 is 11.6 Å². The number of benzene rings is 4. The summed E-state index contributed by atoms with van der Waals surface area (Å²) < 4.78 is 45.3. The molecule has 0 radical (unpaired) electrons. The molecule has 1 amide bonds. The number of amides is 1. The number of anilines is 1. The van der Waals surface area contributed by atoms with E-state index in [2.05, 4.69) is 10.6 Å². The van der Waals surface area contributed by atoms with Crippen molar-refractivity contribution in [3.8, 4) is 46.0 Å². The quantitative estimate of drug-likeness (QED) is 0.108. The first-order valence-electron chi connectivity index (χ1n) is 14.9. The molecule has 0 bridgehead atoms. The molecule has 0 saturated carbocycles. The fourth-order valence-electron chi connectivity index (χ4n) is 5.20. The summed E-state index contributed by atoms with van der Waals surface area (Å²) in [4.78, 5) is 12.7. The van der Waals surface area contributed by atoms with Gasteiger partial charge in [0.15, 0.2) is 34.5 Å². The predicted octanol–water partition coefficient (Wildman–Crippen LogP) is 6.87. The van der Waals surface area contributed by atoms with Crippen LogP contribution in [0, 0.1) is 0 Å². The molecule has 1 unspecified atom stereocenters. The zero-order valence-electron chi connectivity index (χ0n) is 27.5. The lowest BCUT2D eigenvalue weighted by atomic mass is 10.1. The number of rotatable bonds is 14. The number of carbonyl (C=O) groups is 1. The highest BCUT2D eigenvalue weighted by molar-refractivity contribution is 6.31. The van der Waals surface area contributed by atoms with Gasteiger partial charge in [0.25, 0.3) is 5.91 Å². The molecule has 0 aromatic heterocycles. The normalized spacial score (nSPS) is 13.6. The van der Waals surface area contributed by atoms with E-state index in [0.717, 1.165) is 16.7 Å². The first kappa shape index (κ1) is 33.9. The smallest absolute Gasteiger partial charge is 0.255 e. The average Bonchev–Trinajstić information content (AvgIpc) is 3.11. The van der Waals surface area contributed by atoms with Crippen molar-refractivity contribution in [2.24, 2.45) is 0 Å². The first-order chi connectivity index (χ1) is 23.3. The molecule has 1 atom stereocenters. The standard InChI is InChI=1S/C36H37ClN2O9/c1-41-28-19-23(35-38-26-11-10-24(37)20-25(26)36(40)39-35)9-12-27(28)47-13-14-48-34-31(44-4)17-22(18-32(34)45-5)8-7-21-15-29(42-2)33(46-6)30(16-21)43-3/h7-12,15-20,35,38H,13-14H2,1-6H3,(H,39,40). The van der Waals surface area contributed by atoms with Gasteiger partial charge in [-0.3, -0.25) is 4.79 Å². The van der Waals surface area contributed by atoms with Gasteiger partial charge in [0.05, 0.1) is 48.2 Å². The minimum absolute atomic E-state index is 0.192. The van der Waals surface area contributed by atoms with Crippen LogP contribution in [0.1, 0.15) is 33.2 Å². The Bertz CT molecular complexity index is 1760. The Labute approximate surface area is 284 Å². The van der Waals surface area contributed by atoms with Gasteiger partial charge in [0.2, 0.25) is 11.5 Å². The summed E-state index contributed by atoms with van der Waals surface area (Å²) in [5.74, 6) is 3.85. The highest BCUT2D eigenvalue weighted by atomic mass is 35.5. The van der Waals surface area contributed by atoms with Crippen LogP contribution in [0.4, 0.5) is 5.69 Å². The van der Waals surface area contributed by atoms with E-state index < -0.39 is 6.17 Å². The van der Waals surface area contributed by atoms with E-state index in [-0.39, 0.29) is 19.1 Å². The molecule has 0 saturated heterocycles. The molecular formula is C36H37ClN2O9. The second kappa shape index (κ2) is 15.4. The second-order valence-electron chi connectivity index (χ2n) is 10.4. The summed E-state index contributed by atoms with van der Waals surface area (Å²) in [6.07, 6.45) is 3.37. The molecule has 1 heterocycles. The summed E-state index contributed by atoms with van der Waals surface area (Å²) in [6.45, 7) is 0.398. The second-order valence-corrected chi connectivity index (χ2v) is 10.8. The Hall–Kier alpha value is -5.42. The lowest BCUT2D eigenvalue weighted by molar-refractivity contribution is 0.0935. The van der Waals surface area contributed by atoms with Crippen molar-refractivity contribution in [1.82, 2.24) is 5.32 Å². The van der Waals surface area contributed by atoms with E-state index in [1.54, 1.807) is 66.9 Å². The number of ether oxygens (including phenoxy) is 8. The summed E-state index contributed by atoms with van der Waals surface area (Å²) >= 11 is 6.06. The molecule has 2 N–H and O–H groups in total. The van der Waals surface area contributed by atoms with Gasteiger partial charge in [0.1, 0.15) is 19.4 Å². The molecule has 4 aromatic rings. The topological polar surface area (TPSA) is 115 Å². The number of hydrogen-bond acceptors (Lipinski definition) is 10. The molecule has 48 heavy (non-hydrogen) atoms. The van der Waals surface area contributed by atoms with Crippen molar-refractivity contribution < 1.29 is 42.7 Å². The van der Waals surface area contributed by atoms with Crippen LogP contribution < -0.4 is 48.5 Å². The summed E-state index contributed by atoms with van der Waals surface area (Å²) in [5.41, 5.74) is 3.64. The Morgan fingerprint density at radius 3 is 1.73 bits per heavy atom. The van der Waals surface area contributed by atoms with Crippen LogP contribution in [0.25, 0.3) is 12.2 Å². The Morgan fingerprint density at radius 2 is 1.17 bits per heavy atom. The lowest BCUT2D eigenvalue weighted by Crippen LogP contribution is -2.38. The predicted molar refractivity (Wildman–Crippen MR) is 184 cm³/mol. The van der Waals surface area contributed by atoms with Gasteiger partial charge in [-0.15, -0.1) is 0 Å². The Kier molecular flexibility index (Phi) is 10.9. The van der Waals surface area contributed by atoms with E-state index in [4.69, 9.17) is 49.5 Å². The Morgan fingerprint density at radius 1 is 0.604 bits per heavy atom. The SMILES string of the molecule is COc1cc(C2NC(=O)c3cc(Cl)ccc3N2)ccc1OCCOc1c(OC)cc(C=Cc2cc(OC)c(OC)c(OC)c2)cc1OC. The average molecular weight is 677 g/mol. The zero-order valence-corrected chi connectivity index (χ0v) is 28.2. The first-order valence-corrected chi connectivity index (χ1v) is 15.2. The third-order valence-electron chi connectivity index (χ3n) is 7.55. The monoisotopic (exact) mass is 676 g/mol. The van der Waals surface area contributed by atoms with Gasteiger partial charge in [0, 0.05) is 10.7 Å². The summed E-state index contributed by atoms with van der Waals surface area (Å²) in [5, 5.41) is 6.75. The van der Waals surface area contributed by atoms with Crippen molar-refractivity contribution in [3.05, 3.63) is 87.9 Å². The molecule has 1 aliphatic heterocycles. The fraction of sp³-hybridized carbons (Fsp3) is 0.250. The van der Waals surface area contributed by atoms with Crippen LogP contribution in [0.3, 0.4) is 0 Å². The number of carbonyl (C=O) groups excluding carboxylic acids is 1. The van der Waals surface area contributed by atoms with Gasteiger partial charge in [-0.1, -0.05) is 29.8 Å². The third-order valence-corrected chi connectivity index (χ3v) is 7.78. The minimum Gasteiger partial charge on any atom is -0.493 e. The van der Waals surface area contributed by atoms with E-state index in [0.29, 0.717) is 62.3 Å². The van der Waals surface area contributed by atoms with E-state index in [1.807, 2.05) is 48.6 Å². The fourth-order valence-corrected chi connectivity index (χ4v) is 5.38. The van der Waals surface area contributed by atoms with Gasteiger partial charge in [-0.05, 0) is 71.3 Å². The molecular weight excluding hydrogens is 640 g/mol. The lowest BCUT2D eigenvalue weighted by Gasteiger charge is -2.28. The Balaban J connectivity index is 1.24. The van der Waals surface area contributed by atoms with Crippen molar-refractivity contribution in [3.63, 3.8) is 0 Å². The van der Waals surface area contributed by atoms with Crippen molar-refractivity contribution in [2.75, 3.05) is 61.2 Å². The van der Waals surface area contributed by atoms with Crippen molar-refractivity contribution in [2.45, 2.75) is 6.17 Å². The maximum atomic E-state index is 12.7. The van der Waals surface area contributed by atoms with E-state index in [9.17, 15) is 4.79 Å². The van der Waals surface area contributed by atoms with Crippen LogP contribution in [-0.4, -0.2) is 61.8 Å². The number of hydrogen-bond donors (Lipinski definition) is 2. The summed E-state index contributed by atoms with van der Waals surface area (Å²) in [6, 6.07) is 18.0. The third kappa shape index (κ3) is 7.42. The van der Waals surface area contributed by atoms with Crippen molar-refractivity contribution in [1.29, 1.82) is 0 Å². The van der Waals surface area contributed by atoms with Crippen LogP contribution in [0.15, 0.2) is 60.7 Å². The molecule has 4 aromatic carbocycles.